The van der Waals surface area contributed by atoms with E-state index in [0.717, 1.165) is 5.39 Å². The van der Waals surface area contributed by atoms with Gasteiger partial charge in [0.25, 0.3) is 5.91 Å². The summed E-state index contributed by atoms with van der Waals surface area (Å²) in [6, 6.07) is 12.2. The number of fused-ring (bicyclic) bond motifs is 1. The van der Waals surface area contributed by atoms with E-state index in [4.69, 9.17) is 18.6 Å². The molecule has 0 radical (unpaired) electrons. The van der Waals surface area contributed by atoms with Crippen LogP contribution in [0.5, 0.6) is 11.5 Å². The molecular weight excluding hydrogens is 362 g/mol. The van der Waals surface area contributed by atoms with E-state index in [1.165, 1.54) is 7.11 Å². The summed E-state index contributed by atoms with van der Waals surface area (Å²) in [4.78, 5) is 24.4. The second-order valence-corrected chi connectivity index (χ2v) is 6.00. The minimum Gasteiger partial charge on any atom is -0.497 e. The van der Waals surface area contributed by atoms with Crippen LogP contribution in [0.15, 0.2) is 46.9 Å². The molecule has 0 aliphatic carbocycles. The lowest BCUT2D eigenvalue weighted by molar-refractivity contribution is -0.119. The van der Waals surface area contributed by atoms with E-state index in [1.807, 2.05) is 13.0 Å². The Kier molecular flexibility index (Phi) is 5.84. The standard InChI is InChI=1S/C21H21NO6/c1-4-26-16-8-9-18-17(11-16)13(2)20(28-18)21(24)27-12-19(23)22-14-6-5-7-15(10-14)25-3/h5-11H,4,12H2,1-3H3,(H,22,23). The van der Waals surface area contributed by atoms with Crippen LogP contribution < -0.4 is 14.8 Å². The molecule has 1 heterocycles. The Balaban J connectivity index is 1.65. The van der Waals surface area contributed by atoms with Crippen LogP contribution >= 0.6 is 0 Å². The molecule has 0 spiro atoms. The topological polar surface area (TPSA) is 87.0 Å². The molecule has 1 amide bonds. The van der Waals surface area contributed by atoms with Gasteiger partial charge in [0.1, 0.15) is 17.1 Å². The normalized spacial score (nSPS) is 10.5. The molecule has 3 rings (SSSR count). The molecule has 0 fully saturated rings. The zero-order chi connectivity index (χ0) is 20.1. The molecule has 0 atom stereocenters. The van der Waals surface area contributed by atoms with Gasteiger partial charge in [-0.1, -0.05) is 6.07 Å². The first-order valence-electron chi connectivity index (χ1n) is 8.78. The lowest BCUT2D eigenvalue weighted by Gasteiger charge is -2.07. The maximum Gasteiger partial charge on any atom is 0.375 e. The number of furan rings is 1. The van der Waals surface area contributed by atoms with Crippen molar-refractivity contribution in [2.45, 2.75) is 13.8 Å². The number of esters is 1. The fourth-order valence-corrected chi connectivity index (χ4v) is 2.75. The number of ether oxygens (including phenoxy) is 3. The highest BCUT2D eigenvalue weighted by atomic mass is 16.5. The first kappa shape index (κ1) is 19.3. The van der Waals surface area contributed by atoms with Crippen LogP contribution in [0.1, 0.15) is 23.0 Å². The molecular formula is C21H21NO6. The summed E-state index contributed by atoms with van der Waals surface area (Å²) in [5.41, 5.74) is 1.73. The largest absolute Gasteiger partial charge is 0.497 e. The molecule has 2 aromatic carbocycles. The fourth-order valence-electron chi connectivity index (χ4n) is 2.75. The van der Waals surface area contributed by atoms with Gasteiger partial charge in [-0.3, -0.25) is 4.79 Å². The van der Waals surface area contributed by atoms with E-state index in [-0.39, 0.29) is 5.76 Å². The lowest BCUT2D eigenvalue weighted by Crippen LogP contribution is -2.21. The Morgan fingerprint density at radius 1 is 1.11 bits per heavy atom. The number of anilines is 1. The Morgan fingerprint density at radius 3 is 2.68 bits per heavy atom. The third-order valence-electron chi connectivity index (χ3n) is 4.09. The first-order chi connectivity index (χ1) is 13.5. The van der Waals surface area contributed by atoms with Gasteiger partial charge in [0.05, 0.1) is 13.7 Å². The van der Waals surface area contributed by atoms with Gasteiger partial charge in [0.15, 0.2) is 6.61 Å². The van der Waals surface area contributed by atoms with E-state index in [0.29, 0.717) is 34.9 Å². The Labute approximate surface area is 162 Å². The minimum absolute atomic E-state index is 0.0674. The Morgan fingerprint density at radius 2 is 1.93 bits per heavy atom. The first-order valence-corrected chi connectivity index (χ1v) is 8.78. The number of carbonyl (C=O) groups excluding carboxylic acids is 2. The molecule has 146 valence electrons. The van der Waals surface area contributed by atoms with E-state index in [1.54, 1.807) is 43.3 Å². The second-order valence-electron chi connectivity index (χ2n) is 6.00. The number of benzene rings is 2. The van der Waals surface area contributed by atoms with E-state index in [9.17, 15) is 9.59 Å². The summed E-state index contributed by atoms with van der Waals surface area (Å²) in [5, 5.41) is 3.41. The van der Waals surface area contributed by atoms with Crippen molar-refractivity contribution in [3.05, 3.63) is 53.8 Å². The van der Waals surface area contributed by atoms with Crippen molar-refractivity contribution in [1.82, 2.24) is 0 Å². The molecule has 0 saturated heterocycles. The molecule has 0 aliphatic heterocycles. The van der Waals surface area contributed by atoms with E-state index >= 15 is 0 Å². The van der Waals surface area contributed by atoms with Gasteiger partial charge in [-0.05, 0) is 44.2 Å². The van der Waals surface area contributed by atoms with Crippen molar-refractivity contribution in [2.75, 3.05) is 25.6 Å². The number of carbonyl (C=O) groups is 2. The molecule has 28 heavy (non-hydrogen) atoms. The minimum atomic E-state index is -0.701. The maximum absolute atomic E-state index is 12.4. The number of nitrogens with one attached hydrogen (secondary N) is 1. The quantitative estimate of drug-likeness (QED) is 0.622. The van der Waals surface area contributed by atoms with Gasteiger partial charge in [0.2, 0.25) is 5.76 Å². The average molecular weight is 383 g/mol. The fraction of sp³-hybridized carbons (Fsp3) is 0.238. The number of rotatable bonds is 7. The van der Waals surface area contributed by atoms with Gasteiger partial charge in [-0.25, -0.2) is 4.79 Å². The average Bonchev–Trinajstić information content (AvgIpc) is 3.03. The van der Waals surface area contributed by atoms with Crippen LogP contribution in [0.3, 0.4) is 0 Å². The van der Waals surface area contributed by atoms with Crippen LogP contribution in [0.2, 0.25) is 0 Å². The number of aryl methyl sites for hydroxylation is 1. The van der Waals surface area contributed by atoms with Gasteiger partial charge in [0, 0.05) is 22.7 Å². The predicted molar refractivity (Wildman–Crippen MR) is 104 cm³/mol. The van der Waals surface area contributed by atoms with Gasteiger partial charge >= 0.3 is 5.97 Å². The molecule has 0 aliphatic rings. The summed E-state index contributed by atoms with van der Waals surface area (Å²) < 4.78 is 21.3. The zero-order valence-corrected chi connectivity index (χ0v) is 15.9. The molecule has 7 nitrogen and oxygen atoms in total. The van der Waals surface area contributed by atoms with Crippen molar-refractivity contribution in [1.29, 1.82) is 0 Å². The van der Waals surface area contributed by atoms with Crippen LogP contribution in [-0.2, 0) is 9.53 Å². The molecule has 7 heteroatoms. The summed E-state index contributed by atoms with van der Waals surface area (Å²) in [6.45, 7) is 3.76. The van der Waals surface area contributed by atoms with Crippen molar-refractivity contribution in [3.8, 4) is 11.5 Å². The highest BCUT2D eigenvalue weighted by Crippen LogP contribution is 2.29. The monoisotopic (exact) mass is 383 g/mol. The summed E-state index contributed by atoms with van der Waals surface area (Å²) >= 11 is 0. The summed E-state index contributed by atoms with van der Waals surface area (Å²) in [5.74, 6) is 0.204. The number of methoxy groups -OCH3 is 1. The Bertz CT molecular complexity index is 1010. The van der Waals surface area contributed by atoms with Crippen LogP contribution in [-0.4, -0.2) is 32.2 Å². The maximum atomic E-state index is 12.4. The highest BCUT2D eigenvalue weighted by molar-refractivity contribution is 5.98. The van der Waals surface area contributed by atoms with Crippen LogP contribution in [0.4, 0.5) is 5.69 Å². The van der Waals surface area contributed by atoms with Crippen molar-refractivity contribution < 1.29 is 28.2 Å². The van der Waals surface area contributed by atoms with Gasteiger partial charge < -0.3 is 23.9 Å². The number of hydrogen-bond donors (Lipinski definition) is 1. The SMILES string of the molecule is CCOc1ccc2oc(C(=O)OCC(=O)Nc3cccc(OC)c3)c(C)c2c1. The summed E-state index contributed by atoms with van der Waals surface area (Å²) in [7, 11) is 1.54. The third-order valence-corrected chi connectivity index (χ3v) is 4.09. The van der Waals surface area contributed by atoms with Gasteiger partial charge in [-0.15, -0.1) is 0 Å². The third kappa shape index (κ3) is 4.25. The van der Waals surface area contributed by atoms with Crippen molar-refractivity contribution in [3.63, 3.8) is 0 Å². The van der Waals surface area contributed by atoms with Crippen LogP contribution in [0, 0.1) is 6.92 Å². The molecule has 0 unspecified atom stereocenters. The number of amides is 1. The number of hydrogen-bond acceptors (Lipinski definition) is 6. The molecule has 0 saturated carbocycles. The molecule has 3 aromatic rings. The van der Waals surface area contributed by atoms with Gasteiger partial charge in [-0.2, -0.15) is 0 Å². The van der Waals surface area contributed by atoms with Crippen molar-refractivity contribution in [2.24, 2.45) is 0 Å². The molecule has 0 bridgehead atoms. The highest BCUT2D eigenvalue weighted by Gasteiger charge is 2.20. The smallest absolute Gasteiger partial charge is 0.375 e. The predicted octanol–water partition coefficient (Wildman–Crippen LogP) is 3.94. The van der Waals surface area contributed by atoms with Crippen molar-refractivity contribution >= 4 is 28.5 Å². The van der Waals surface area contributed by atoms with Crippen LogP contribution in [0.25, 0.3) is 11.0 Å². The second kappa shape index (κ2) is 8.47. The zero-order valence-electron chi connectivity index (χ0n) is 15.9. The summed E-state index contributed by atoms with van der Waals surface area (Å²) in [6.07, 6.45) is 0. The Hall–Kier alpha value is -3.48. The lowest BCUT2D eigenvalue weighted by atomic mass is 10.1. The molecule has 1 aromatic heterocycles. The van der Waals surface area contributed by atoms with E-state index < -0.39 is 18.5 Å². The van der Waals surface area contributed by atoms with E-state index in [2.05, 4.69) is 5.32 Å². The molecule has 1 N–H and O–H groups in total.